The van der Waals surface area contributed by atoms with Gasteiger partial charge in [-0.2, -0.15) is 23.1 Å². The smallest absolute Gasteiger partial charge is 0.333 e. The highest BCUT2D eigenvalue weighted by Crippen LogP contribution is 2.37. The van der Waals surface area contributed by atoms with E-state index in [0.717, 1.165) is 23.3 Å². The molecule has 6 rings (SSSR count). The number of halogens is 2. The summed E-state index contributed by atoms with van der Waals surface area (Å²) in [6.07, 6.45) is 12.2. The van der Waals surface area contributed by atoms with Crippen molar-refractivity contribution in [2.24, 2.45) is 0 Å². The Morgan fingerprint density at radius 2 is 1.88 bits per heavy atom. The molecule has 0 aliphatic heterocycles. The highest BCUT2D eigenvalue weighted by Gasteiger charge is 2.40. The van der Waals surface area contributed by atoms with Crippen molar-refractivity contribution >= 4 is 33.3 Å². The molecule has 13 nitrogen and oxygen atoms in total. The van der Waals surface area contributed by atoms with Crippen molar-refractivity contribution in [3.63, 3.8) is 0 Å². The van der Waals surface area contributed by atoms with Crippen molar-refractivity contribution < 1.29 is 22.0 Å². The van der Waals surface area contributed by atoms with E-state index in [1.165, 1.54) is 37.1 Å². The molecule has 4 aromatic rings. The van der Waals surface area contributed by atoms with Gasteiger partial charge in [0.2, 0.25) is 5.91 Å². The molecular weight excluding hydrogens is 582 g/mol. The Bertz CT molecular complexity index is 1750. The first-order valence-corrected chi connectivity index (χ1v) is 15.4. The molecule has 0 unspecified atom stereocenters. The molecule has 43 heavy (non-hydrogen) atoms. The summed E-state index contributed by atoms with van der Waals surface area (Å²) in [6, 6.07) is 4.77. The van der Waals surface area contributed by atoms with Crippen molar-refractivity contribution in [3.8, 4) is 22.6 Å². The maximum absolute atomic E-state index is 13.3. The Balaban J connectivity index is 1.32. The number of rotatable bonds is 10. The van der Waals surface area contributed by atoms with Gasteiger partial charge in [0.25, 0.3) is 10.0 Å². The van der Waals surface area contributed by atoms with E-state index < -0.39 is 27.4 Å². The predicted molar refractivity (Wildman–Crippen MR) is 154 cm³/mol. The molecule has 4 heterocycles. The van der Waals surface area contributed by atoms with Gasteiger partial charge >= 0.3 is 6.55 Å². The largest absolute Gasteiger partial charge is 0.371 e. The van der Waals surface area contributed by atoms with E-state index in [0.29, 0.717) is 58.8 Å². The maximum Gasteiger partial charge on any atom is 0.333 e. The number of hydrogen-bond acceptors (Lipinski definition) is 10. The lowest BCUT2D eigenvalue weighted by Gasteiger charge is -2.37. The fraction of sp³-hybridized carbons (Fsp3) is 0.407. The molecule has 2 aliphatic carbocycles. The second-order valence-corrected chi connectivity index (χ2v) is 12.7. The van der Waals surface area contributed by atoms with Crippen molar-refractivity contribution in [2.75, 3.05) is 17.7 Å². The first-order valence-electron chi connectivity index (χ1n) is 13.9. The number of pyridine rings is 1. The number of carbonyl (C=O) groups excluding carboxylic acids is 1. The predicted octanol–water partition coefficient (Wildman–Crippen LogP) is 3.94. The lowest BCUT2D eigenvalue weighted by Crippen LogP contribution is -2.52. The van der Waals surface area contributed by atoms with Crippen LogP contribution in [0.3, 0.4) is 0 Å². The molecular formula is C27H30F2N10O3S. The Labute approximate surface area is 246 Å². The molecule has 0 aromatic carbocycles. The average molecular weight is 613 g/mol. The van der Waals surface area contributed by atoms with E-state index in [1.807, 2.05) is 0 Å². The molecule has 2 aliphatic rings. The number of nitrogens with one attached hydrogen (secondary N) is 3. The Hall–Kier alpha value is -4.47. The molecule has 0 atom stereocenters. The maximum atomic E-state index is 13.3. The zero-order chi connectivity index (χ0) is 30.2. The number of amides is 1. The molecule has 16 heteroatoms. The molecule has 0 spiro atoms. The van der Waals surface area contributed by atoms with Crippen LogP contribution < -0.4 is 16.0 Å². The van der Waals surface area contributed by atoms with Gasteiger partial charge in [-0.15, -0.1) is 0 Å². The molecule has 4 aromatic heterocycles. The SMILES string of the molecule is CNC(=O)C1(Nc2cc(Nc3ccnc(-c4cnn(S(=O)(=O)C5CC5)c4)n3)ncc2-c2ccn(C(F)F)n2)CCCCC1. The summed E-state index contributed by atoms with van der Waals surface area (Å²) in [4.78, 5) is 26.3. The third-order valence-corrected chi connectivity index (χ3v) is 9.70. The van der Waals surface area contributed by atoms with Gasteiger partial charge in [-0.3, -0.25) is 4.79 Å². The van der Waals surface area contributed by atoms with Gasteiger partial charge in [-0.1, -0.05) is 19.3 Å². The van der Waals surface area contributed by atoms with Crippen LogP contribution in [0.1, 0.15) is 51.5 Å². The first-order chi connectivity index (χ1) is 20.7. The van der Waals surface area contributed by atoms with Crippen LogP contribution in [-0.4, -0.2) is 66.1 Å². The van der Waals surface area contributed by atoms with E-state index in [2.05, 4.69) is 41.1 Å². The molecule has 2 saturated carbocycles. The number of alkyl halides is 2. The molecule has 0 radical (unpaired) electrons. The monoisotopic (exact) mass is 612 g/mol. The van der Waals surface area contributed by atoms with Crippen LogP contribution >= 0.6 is 0 Å². The van der Waals surface area contributed by atoms with Gasteiger partial charge in [0.15, 0.2) is 5.82 Å². The number of nitrogens with zero attached hydrogens (tertiary/aromatic N) is 7. The number of aromatic nitrogens is 7. The number of anilines is 3. The molecule has 226 valence electrons. The third-order valence-electron chi connectivity index (χ3n) is 7.67. The highest BCUT2D eigenvalue weighted by atomic mass is 32.2. The van der Waals surface area contributed by atoms with Gasteiger partial charge in [0.1, 0.15) is 17.2 Å². The zero-order valence-corrected chi connectivity index (χ0v) is 24.1. The summed E-state index contributed by atoms with van der Waals surface area (Å²) in [7, 11) is -1.95. The Kier molecular flexibility index (Phi) is 7.54. The minimum Gasteiger partial charge on any atom is -0.371 e. The minimum atomic E-state index is -3.53. The summed E-state index contributed by atoms with van der Waals surface area (Å²) in [5.74, 6) is 0.830. The van der Waals surface area contributed by atoms with Crippen LogP contribution in [0, 0.1) is 0 Å². The number of likely N-dealkylation sites (N-methyl/N-ethyl adjacent to an activating group) is 1. The van der Waals surface area contributed by atoms with E-state index >= 15 is 0 Å². The normalized spacial score (nSPS) is 16.7. The third kappa shape index (κ3) is 5.78. The second kappa shape index (κ2) is 11.3. The molecule has 1 amide bonds. The lowest BCUT2D eigenvalue weighted by atomic mass is 9.80. The van der Waals surface area contributed by atoms with Crippen molar-refractivity contribution in [1.82, 2.24) is 39.2 Å². The first kappa shape index (κ1) is 28.6. The summed E-state index contributed by atoms with van der Waals surface area (Å²) < 4.78 is 53.2. The van der Waals surface area contributed by atoms with Crippen molar-refractivity contribution in [1.29, 1.82) is 0 Å². The Morgan fingerprint density at radius 3 is 2.58 bits per heavy atom. The Morgan fingerprint density at radius 1 is 1.09 bits per heavy atom. The minimum absolute atomic E-state index is 0.160. The summed E-state index contributed by atoms with van der Waals surface area (Å²) in [6.45, 7) is -2.80. The van der Waals surface area contributed by atoms with Gasteiger partial charge in [0, 0.05) is 43.0 Å². The summed E-state index contributed by atoms with van der Waals surface area (Å²) in [5.41, 5.74) is 0.745. The van der Waals surface area contributed by atoms with E-state index in [4.69, 9.17) is 0 Å². The van der Waals surface area contributed by atoms with E-state index in [9.17, 15) is 22.0 Å². The van der Waals surface area contributed by atoms with Crippen LogP contribution in [-0.2, 0) is 14.8 Å². The second-order valence-electron chi connectivity index (χ2n) is 10.7. The molecule has 2 fully saturated rings. The van der Waals surface area contributed by atoms with Gasteiger partial charge in [0.05, 0.1) is 28.9 Å². The fourth-order valence-corrected chi connectivity index (χ4v) is 6.74. The summed E-state index contributed by atoms with van der Waals surface area (Å²) in [5, 5.41) is 16.9. The van der Waals surface area contributed by atoms with Crippen LogP contribution in [0.2, 0.25) is 0 Å². The molecule has 3 N–H and O–H groups in total. The van der Waals surface area contributed by atoms with Crippen molar-refractivity contribution in [2.45, 2.75) is 62.3 Å². The number of hydrogen-bond donors (Lipinski definition) is 3. The van der Waals surface area contributed by atoms with Gasteiger partial charge in [-0.25, -0.2) is 28.1 Å². The van der Waals surface area contributed by atoms with Crippen LogP contribution in [0.4, 0.5) is 26.1 Å². The average Bonchev–Trinajstić information content (AvgIpc) is 3.54. The zero-order valence-electron chi connectivity index (χ0n) is 23.2. The lowest BCUT2D eigenvalue weighted by molar-refractivity contribution is -0.126. The van der Waals surface area contributed by atoms with Crippen molar-refractivity contribution in [3.05, 3.63) is 49.2 Å². The van der Waals surface area contributed by atoms with Crippen LogP contribution in [0.5, 0.6) is 0 Å². The highest BCUT2D eigenvalue weighted by molar-refractivity contribution is 7.90. The fourth-order valence-electron chi connectivity index (χ4n) is 5.26. The van der Waals surface area contributed by atoms with Gasteiger partial charge in [-0.05, 0) is 37.8 Å². The topological polar surface area (TPSA) is 162 Å². The van der Waals surface area contributed by atoms with E-state index in [-0.39, 0.29) is 17.4 Å². The number of carbonyl (C=O) groups is 1. The standard InChI is InChI=1S/C27H30F2N10O3S/c1-30-25(40)27(9-3-2-4-10-27)36-21-13-23(32-15-19(21)20-8-12-38(37-20)26(28)29)34-22-7-11-31-24(35-22)17-14-33-39(16-17)43(41,42)18-5-6-18/h7-8,11-16,18,26H,2-6,9-10H2,1H3,(H,30,40)(H2,31,32,34,35,36). The van der Waals surface area contributed by atoms with Crippen LogP contribution in [0.25, 0.3) is 22.6 Å². The van der Waals surface area contributed by atoms with E-state index in [1.54, 1.807) is 19.2 Å². The van der Waals surface area contributed by atoms with Gasteiger partial charge < -0.3 is 16.0 Å². The van der Waals surface area contributed by atoms with Crippen LogP contribution in [0.15, 0.2) is 49.2 Å². The quantitative estimate of drug-likeness (QED) is 0.239. The molecule has 0 bridgehead atoms. The summed E-state index contributed by atoms with van der Waals surface area (Å²) >= 11 is 0. The molecule has 0 saturated heterocycles.